The van der Waals surface area contributed by atoms with Gasteiger partial charge in [0.05, 0.1) is 10.6 Å². The van der Waals surface area contributed by atoms with Gasteiger partial charge in [-0.05, 0) is 45.0 Å². The highest BCUT2D eigenvalue weighted by atomic mass is 35.5. The van der Waals surface area contributed by atoms with E-state index in [4.69, 9.17) is 32.4 Å². The number of ether oxygens (including phenoxy) is 1. The Balaban J connectivity index is 1.92. The van der Waals surface area contributed by atoms with E-state index in [1.807, 2.05) is 0 Å². The van der Waals surface area contributed by atoms with Crippen LogP contribution in [0.15, 0.2) is 28.7 Å². The van der Waals surface area contributed by atoms with Gasteiger partial charge in [0, 0.05) is 5.02 Å². The highest BCUT2D eigenvalue weighted by molar-refractivity contribution is 6.35. The predicted octanol–water partition coefficient (Wildman–Crippen LogP) is 3.43. The highest BCUT2D eigenvalue weighted by Crippen LogP contribution is 2.28. The number of amides is 2. The van der Waals surface area contributed by atoms with Crippen molar-refractivity contribution in [2.45, 2.75) is 26.9 Å². The first-order valence-corrected chi connectivity index (χ1v) is 7.82. The van der Waals surface area contributed by atoms with Gasteiger partial charge in [-0.3, -0.25) is 20.4 Å². The molecule has 6 nitrogen and oxygen atoms in total. The van der Waals surface area contributed by atoms with Crippen LogP contribution in [0.1, 0.15) is 28.8 Å². The molecule has 0 fully saturated rings. The lowest BCUT2D eigenvalue weighted by Crippen LogP contribution is -2.47. The number of rotatable bonds is 4. The van der Waals surface area contributed by atoms with Crippen LogP contribution < -0.4 is 15.6 Å². The first kappa shape index (κ1) is 18.2. The Kier molecular flexibility index (Phi) is 5.75. The van der Waals surface area contributed by atoms with Crippen molar-refractivity contribution in [3.63, 3.8) is 0 Å². The molecule has 2 amide bonds. The molecule has 0 saturated heterocycles. The van der Waals surface area contributed by atoms with Gasteiger partial charge in [0.25, 0.3) is 11.8 Å². The number of carbonyl (C=O) groups is 2. The molecule has 128 valence electrons. The zero-order valence-electron chi connectivity index (χ0n) is 13.3. The van der Waals surface area contributed by atoms with Crippen LogP contribution in [0.3, 0.4) is 0 Å². The molecule has 0 bridgehead atoms. The van der Waals surface area contributed by atoms with E-state index >= 15 is 0 Å². The van der Waals surface area contributed by atoms with Crippen LogP contribution in [0.25, 0.3) is 0 Å². The molecule has 0 spiro atoms. The average molecular weight is 371 g/mol. The fourth-order valence-electron chi connectivity index (χ4n) is 1.96. The predicted molar refractivity (Wildman–Crippen MR) is 90.3 cm³/mol. The molecule has 1 aromatic heterocycles. The number of carbonyl (C=O) groups excluding carboxylic acids is 2. The topological polar surface area (TPSA) is 80.6 Å². The Morgan fingerprint density at radius 1 is 1.17 bits per heavy atom. The number of hydrogen-bond acceptors (Lipinski definition) is 4. The Hall–Kier alpha value is -2.18. The normalized spacial score (nSPS) is 11.7. The molecule has 0 saturated carbocycles. The van der Waals surface area contributed by atoms with Crippen LogP contribution >= 0.6 is 23.2 Å². The number of furan rings is 1. The van der Waals surface area contributed by atoms with Crippen LogP contribution in [-0.2, 0) is 4.79 Å². The van der Waals surface area contributed by atoms with Crippen LogP contribution in [-0.4, -0.2) is 17.9 Å². The van der Waals surface area contributed by atoms with Gasteiger partial charge in [-0.15, -0.1) is 0 Å². The molecule has 0 aliphatic carbocycles. The van der Waals surface area contributed by atoms with E-state index in [1.165, 1.54) is 13.0 Å². The number of benzene rings is 1. The van der Waals surface area contributed by atoms with Gasteiger partial charge < -0.3 is 9.15 Å². The molecule has 1 aromatic carbocycles. The number of halogens is 2. The maximum atomic E-state index is 12.0. The maximum Gasteiger partial charge on any atom is 0.279 e. The lowest BCUT2D eigenvalue weighted by atomic mass is 10.2. The zero-order valence-corrected chi connectivity index (χ0v) is 14.8. The standard InChI is InChI=1S/C16H16Cl2N2O4/c1-8-6-12(9(2)23-8)16(22)20-19-15(21)10(3)24-14-5-4-11(17)7-13(14)18/h4-7,10H,1-3H3,(H,19,21)(H,20,22). The summed E-state index contributed by atoms with van der Waals surface area (Å²) in [6.07, 6.45) is -0.879. The molecule has 1 heterocycles. The minimum Gasteiger partial charge on any atom is -0.479 e. The van der Waals surface area contributed by atoms with Crippen LogP contribution in [0.2, 0.25) is 10.0 Å². The lowest BCUT2D eigenvalue weighted by Gasteiger charge is -2.16. The number of nitrogens with one attached hydrogen (secondary N) is 2. The second-order valence-electron chi connectivity index (χ2n) is 5.11. The minimum absolute atomic E-state index is 0.288. The largest absolute Gasteiger partial charge is 0.479 e. The molecule has 24 heavy (non-hydrogen) atoms. The summed E-state index contributed by atoms with van der Waals surface area (Å²) in [6.45, 7) is 4.92. The number of hydrazine groups is 1. The fourth-order valence-corrected chi connectivity index (χ4v) is 2.41. The minimum atomic E-state index is -0.879. The summed E-state index contributed by atoms with van der Waals surface area (Å²) in [5, 5.41) is 0.748. The van der Waals surface area contributed by atoms with Gasteiger partial charge in [0.1, 0.15) is 17.3 Å². The van der Waals surface area contributed by atoms with Crippen LogP contribution in [0.5, 0.6) is 5.75 Å². The number of aryl methyl sites for hydroxylation is 2. The van der Waals surface area contributed by atoms with E-state index in [0.29, 0.717) is 27.9 Å². The van der Waals surface area contributed by atoms with Gasteiger partial charge in [-0.25, -0.2) is 0 Å². The van der Waals surface area contributed by atoms with Gasteiger partial charge in [-0.1, -0.05) is 23.2 Å². The van der Waals surface area contributed by atoms with Crippen molar-refractivity contribution >= 4 is 35.0 Å². The SMILES string of the molecule is Cc1cc(C(=O)NNC(=O)C(C)Oc2ccc(Cl)cc2Cl)c(C)o1. The summed E-state index contributed by atoms with van der Waals surface area (Å²) in [7, 11) is 0. The summed E-state index contributed by atoms with van der Waals surface area (Å²) in [6, 6.07) is 6.25. The molecule has 0 aliphatic rings. The highest BCUT2D eigenvalue weighted by Gasteiger charge is 2.19. The third-order valence-electron chi connectivity index (χ3n) is 3.15. The fraction of sp³-hybridized carbons (Fsp3) is 0.250. The molecule has 0 aliphatic heterocycles. The van der Waals surface area contributed by atoms with Gasteiger partial charge in [0.15, 0.2) is 6.10 Å². The van der Waals surface area contributed by atoms with E-state index in [9.17, 15) is 9.59 Å². The monoisotopic (exact) mass is 370 g/mol. The van der Waals surface area contributed by atoms with E-state index < -0.39 is 17.9 Å². The smallest absolute Gasteiger partial charge is 0.279 e. The summed E-state index contributed by atoms with van der Waals surface area (Å²) < 4.78 is 10.7. The average Bonchev–Trinajstić information content (AvgIpc) is 2.85. The Bertz CT molecular complexity index is 773. The van der Waals surface area contributed by atoms with E-state index in [-0.39, 0.29) is 5.02 Å². The van der Waals surface area contributed by atoms with Gasteiger partial charge in [-0.2, -0.15) is 0 Å². The third-order valence-corrected chi connectivity index (χ3v) is 3.68. The zero-order chi connectivity index (χ0) is 17.9. The summed E-state index contributed by atoms with van der Waals surface area (Å²) in [5.41, 5.74) is 4.95. The van der Waals surface area contributed by atoms with Crippen molar-refractivity contribution in [3.8, 4) is 5.75 Å². The molecule has 2 N–H and O–H groups in total. The Morgan fingerprint density at radius 2 is 1.88 bits per heavy atom. The maximum absolute atomic E-state index is 12.0. The first-order valence-electron chi connectivity index (χ1n) is 7.07. The van der Waals surface area contributed by atoms with Gasteiger partial charge in [0.2, 0.25) is 0 Å². The van der Waals surface area contributed by atoms with Crippen LogP contribution in [0, 0.1) is 13.8 Å². The molecular formula is C16H16Cl2N2O4. The molecule has 1 unspecified atom stereocenters. The molecular weight excluding hydrogens is 355 g/mol. The lowest BCUT2D eigenvalue weighted by molar-refractivity contribution is -0.128. The third kappa shape index (κ3) is 4.43. The molecule has 1 atom stereocenters. The van der Waals surface area contributed by atoms with Crippen molar-refractivity contribution in [1.29, 1.82) is 0 Å². The summed E-state index contributed by atoms with van der Waals surface area (Å²) in [5.74, 6) is 0.382. The second kappa shape index (κ2) is 7.59. The van der Waals surface area contributed by atoms with Crippen LogP contribution in [0.4, 0.5) is 0 Å². The molecule has 8 heteroatoms. The van der Waals surface area contributed by atoms with Crippen molar-refractivity contribution in [3.05, 3.63) is 51.4 Å². The molecule has 2 rings (SSSR count). The van der Waals surface area contributed by atoms with Crippen molar-refractivity contribution in [2.75, 3.05) is 0 Å². The second-order valence-corrected chi connectivity index (χ2v) is 5.95. The Labute approximate surface area is 149 Å². The molecule has 0 radical (unpaired) electrons. The van der Waals surface area contributed by atoms with Gasteiger partial charge >= 0.3 is 0 Å². The summed E-state index contributed by atoms with van der Waals surface area (Å²) >= 11 is 11.8. The van der Waals surface area contributed by atoms with E-state index in [1.54, 1.807) is 32.0 Å². The quantitative estimate of drug-likeness (QED) is 0.807. The Morgan fingerprint density at radius 3 is 2.46 bits per heavy atom. The van der Waals surface area contributed by atoms with E-state index in [0.717, 1.165) is 0 Å². The number of hydrogen-bond donors (Lipinski definition) is 2. The van der Waals surface area contributed by atoms with Crippen molar-refractivity contribution in [2.24, 2.45) is 0 Å². The first-order chi connectivity index (χ1) is 11.3. The van der Waals surface area contributed by atoms with Crippen molar-refractivity contribution in [1.82, 2.24) is 10.9 Å². The molecule has 2 aromatic rings. The van der Waals surface area contributed by atoms with Crippen molar-refractivity contribution < 1.29 is 18.7 Å². The summed E-state index contributed by atoms with van der Waals surface area (Å²) in [4.78, 5) is 24.0. The van der Waals surface area contributed by atoms with E-state index in [2.05, 4.69) is 10.9 Å².